The van der Waals surface area contributed by atoms with Gasteiger partial charge in [-0.2, -0.15) is 0 Å². The van der Waals surface area contributed by atoms with Crippen LogP contribution in [0.15, 0.2) is 58.1 Å². The molecule has 3 rings (SSSR count). The first-order chi connectivity index (χ1) is 10.7. The largest absolute Gasteiger partial charge is 0.461 e. The Morgan fingerprint density at radius 3 is 3.00 bits per heavy atom. The van der Waals surface area contributed by atoms with E-state index < -0.39 is 0 Å². The van der Waals surface area contributed by atoms with Crippen LogP contribution in [-0.2, 0) is 0 Å². The van der Waals surface area contributed by atoms with Crippen LogP contribution in [0.5, 0.6) is 0 Å². The zero-order valence-electron chi connectivity index (χ0n) is 12.2. The average molecular weight is 312 g/mol. The Balaban J connectivity index is 1.54. The first kappa shape index (κ1) is 14.7. The molecular formula is C17H16N2O2S. The summed E-state index contributed by atoms with van der Waals surface area (Å²) in [5, 5.41) is 4.84. The van der Waals surface area contributed by atoms with Crippen molar-refractivity contribution in [3.63, 3.8) is 0 Å². The number of aryl methyl sites for hydroxylation is 1. The Hall–Kier alpha value is -2.27. The molecule has 0 atom stereocenters. The fourth-order valence-corrected chi connectivity index (χ4v) is 2.90. The van der Waals surface area contributed by atoms with Gasteiger partial charge in [0.05, 0.1) is 5.03 Å². The summed E-state index contributed by atoms with van der Waals surface area (Å²) in [4.78, 5) is 16.4. The normalized spacial score (nSPS) is 10.8. The highest BCUT2D eigenvalue weighted by molar-refractivity contribution is 7.99. The summed E-state index contributed by atoms with van der Waals surface area (Å²) in [6.07, 6.45) is 1.77. The summed E-state index contributed by atoms with van der Waals surface area (Å²) in [6.45, 7) is 2.50. The molecule has 2 heterocycles. The summed E-state index contributed by atoms with van der Waals surface area (Å²) in [6, 6.07) is 13.2. The van der Waals surface area contributed by atoms with Crippen LogP contribution in [0.3, 0.4) is 0 Å². The van der Waals surface area contributed by atoms with Crippen LogP contribution in [0.25, 0.3) is 11.0 Å². The molecule has 0 bridgehead atoms. The smallest absolute Gasteiger partial charge is 0.251 e. The van der Waals surface area contributed by atoms with Crippen LogP contribution < -0.4 is 5.32 Å². The van der Waals surface area contributed by atoms with Crippen LogP contribution in [0.1, 0.15) is 16.1 Å². The molecule has 0 unspecified atom stereocenters. The maximum Gasteiger partial charge on any atom is 0.251 e. The van der Waals surface area contributed by atoms with Crippen LogP contribution in [-0.4, -0.2) is 23.2 Å². The number of hydrogen-bond acceptors (Lipinski definition) is 4. The molecule has 3 aromatic rings. The first-order valence-corrected chi connectivity index (χ1v) is 8.03. The van der Waals surface area contributed by atoms with Crippen LogP contribution >= 0.6 is 11.8 Å². The zero-order chi connectivity index (χ0) is 15.4. The molecule has 0 radical (unpaired) electrons. The van der Waals surface area contributed by atoms with E-state index in [1.165, 1.54) is 0 Å². The van der Waals surface area contributed by atoms with Crippen molar-refractivity contribution >= 4 is 28.6 Å². The molecule has 0 aliphatic heterocycles. The summed E-state index contributed by atoms with van der Waals surface area (Å²) >= 11 is 1.62. The Morgan fingerprint density at radius 2 is 2.18 bits per heavy atom. The molecular weight excluding hydrogens is 296 g/mol. The molecule has 0 saturated heterocycles. The van der Waals surface area contributed by atoms with Crippen LogP contribution in [0.4, 0.5) is 0 Å². The quantitative estimate of drug-likeness (QED) is 0.577. The Bertz CT molecular complexity index is 784. The Morgan fingerprint density at radius 1 is 1.27 bits per heavy atom. The van der Waals surface area contributed by atoms with Gasteiger partial charge in [0.25, 0.3) is 5.91 Å². The third kappa shape index (κ3) is 3.49. The van der Waals surface area contributed by atoms with Crippen LogP contribution in [0.2, 0.25) is 0 Å². The third-order valence-corrected chi connectivity index (χ3v) is 4.12. The number of amides is 1. The Labute approximate surface area is 132 Å². The van der Waals surface area contributed by atoms with Crippen molar-refractivity contribution in [3.8, 4) is 0 Å². The molecule has 1 amide bonds. The van der Waals surface area contributed by atoms with Crippen molar-refractivity contribution in [2.24, 2.45) is 0 Å². The number of rotatable bonds is 5. The number of hydrogen-bond donors (Lipinski definition) is 1. The highest BCUT2D eigenvalue weighted by Crippen LogP contribution is 2.20. The van der Waals surface area contributed by atoms with Crippen molar-refractivity contribution < 1.29 is 9.21 Å². The monoisotopic (exact) mass is 312 g/mol. The zero-order valence-corrected chi connectivity index (χ0v) is 13.0. The molecule has 0 fully saturated rings. The van der Waals surface area contributed by atoms with Gasteiger partial charge >= 0.3 is 0 Å². The summed E-state index contributed by atoms with van der Waals surface area (Å²) in [5.41, 5.74) is 1.45. The van der Waals surface area contributed by atoms with Gasteiger partial charge in [-0.25, -0.2) is 4.98 Å². The van der Waals surface area contributed by atoms with E-state index in [1.54, 1.807) is 24.0 Å². The molecule has 0 saturated carbocycles. The lowest BCUT2D eigenvalue weighted by molar-refractivity contribution is 0.0956. The van der Waals surface area contributed by atoms with Gasteiger partial charge in [-0.3, -0.25) is 4.79 Å². The molecule has 4 nitrogen and oxygen atoms in total. The fourth-order valence-electron chi connectivity index (χ4n) is 2.17. The number of benzene rings is 1. The highest BCUT2D eigenvalue weighted by Gasteiger charge is 2.08. The number of nitrogens with zero attached hydrogens (tertiary/aromatic N) is 1. The van der Waals surface area contributed by atoms with E-state index >= 15 is 0 Å². The van der Waals surface area contributed by atoms with E-state index in [9.17, 15) is 4.79 Å². The van der Waals surface area contributed by atoms with E-state index in [4.69, 9.17) is 4.42 Å². The van der Waals surface area contributed by atoms with Crippen molar-refractivity contribution in [3.05, 3.63) is 60.0 Å². The molecule has 0 aliphatic rings. The predicted molar refractivity (Wildman–Crippen MR) is 88.2 cm³/mol. The van der Waals surface area contributed by atoms with E-state index in [0.29, 0.717) is 12.1 Å². The standard InChI is InChI=1S/C17H16N2O2S/c1-12-10-14-11-13(5-6-15(14)21-12)17(20)19-8-9-22-16-4-2-3-7-18-16/h2-7,10-11H,8-9H2,1H3,(H,19,20). The summed E-state index contributed by atoms with van der Waals surface area (Å²) in [5.74, 6) is 1.57. The SMILES string of the molecule is Cc1cc2cc(C(=O)NCCSc3ccccn3)ccc2o1. The lowest BCUT2D eigenvalue weighted by Crippen LogP contribution is -2.25. The van der Waals surface area contributed by atoms with Gasteiger partial charge in [0.2, 0.25) is 0 Å². The topological polar surface area (TPSA) is 55.1 Å². The third-order valence-electron chi connectivity index (χ3n) is 3.18. The van der Waals surface area contributed by atoms with Gasteiger partial charge < -0.3 is 9.73 Å². The maximum absolute atomic E-state index is 12.1. The van der Waals surface area contributed by atoms with Crippen molar-refractivity contribution in [2.45, 2.75) is 11.9 Å². The predicted octanol–water partition coefficient (Wildman–Crippen LogP) is 3.66. The van der Waals surface area contributed by atoms with E-state index in [1.807, 2.05) is 43.3 Å². The molecule has 2 aromatic heterocycles. The van der Waals surface area contributed by atoms with Crippen LogP contribution in [0, 0.1) is 6.92 Å². The van der Waals surface area contributed by atoms with Crippen molar-refractivity contribution in [2.75, 3.05) is 12.3 Å². The number of thioether (sulfide) groups is 1. The molecule has 1 aromatic carbocycles. The number of aromatic nitrogens is 1. The molecule has 1 N–H and O–H groups in total. The van der Waals surface area contributed by atoms with Gasteiger partial charge in [0.15, 0.2) is 0 Å². The second-order valence-electron chi connectivity index (χ2n) is 4.88. The summed E-state index contributed by atoms with van der Waals surface area (Å²) < 4.78 is 5.51. The highest BCUT2D eigenvalue weighted by atomic mass is 32.2. The lowest BCUT2D eigenvalue weighted by atomic mass is 10.1. The second kappa shape index (κ2) is 6.66. The minimum absolute atomic E-state index is 0.0672. The van der Waals surface area contributed by atoms with Gasteiger partial charge in [-0.15, -0.1) is 11.8 Å². The number of nitrogens with one attached hydrogen (secondary N) is 1. The van der Waals surface area contributed by atoms with E-state index in [2.05, 4.69) is 10.3 Å². The van der Waals surface area contributed by atoms with Gasteiger partial charge in [0.1, 0.15) is 11.3 Å². The Kier molecular flexibility index (Phi) is 4.44. The van der Waals surface area contributed by atoms with Crippen molar-refractivity contribution in [1.82, 2.24) is 10.3 Å². The van der Waals surface area contributed by atoms with Crippen molar-refractivity contribution in [1.29, 1.82) is 0 Å². The maximum atomic E-state index is 12.1. The second-order valence-corrected chi connectivity index (χ2v) is 6.00. The number of fused-ring (bicyclic) bond motifs is 1. The van der Waals surface area contributed by atoms with Gasteiger partial charge in [-0.05, 0) is 43.3 Å². The summed E-state index contributed by atoms with van der Waals surface area (Å²) in [7, 11) is 0. The number of carbonyl (C=O) groups is 1. The average Bonchev–Trinajstić information content (AvgIpc) is 2.91. The number of carbonyl (C=O) groups excluding carboxylic acids is 1. The van der Waals surface area contributed by atoms with E-state index in [0.717, 1.165) is 27.5 Å². The molecule has 0 aliphatic carbocycles. The lowest BCUT2D eigenvalue weighted by Gasteiger charge is -2.05. The number of furan rings is 1. The molecule has 0 spiro atoms. The molecule has 5 heteroatoms. The fraction of sp³-hybridized carbons (Fsp3) is 0.176. The minimum Gasteiger partial charge on any atom is -0.461 e. The first-order valence-electron chi connectivity index (χ1n) is 7.04. The van der Waals surface area contributed by atoms with Gasteiger partial charge in [-0.1, -0.05) is 6.07 Å². The molecule has 112 valence electrons. The van der Waals surface area contributed by atoms with E-state index in [-0.39, 0.29) is 5.91 Å². The molecule has 22 heavy (non-hydrogen) atoms. The van der Waals surface area contributed by atoms with Gasteiger partial charge in [0, 0.05) is 29.4 Å². The number of pyridine rings is 1. The minimum atomic E-state index is -0.0672.